The van der Waals surface area contributed by atoms with E-state index in [0.29, 0.717) is 17.3 Å². The fraction of sp³-hybridized carbons (Fsp3) is 0.632. The molecule has 1 aromatic carbocycles. The highest BCUT2D eigenvalue weighted by atomic mass is 79.9. The fourth-order valence-electron chi connectivity index (χ4n) is 5.80. The Morgan fingerprint density at radius 1 is 1.22 bits per heavy atom. The summed E-state index contributed by atoms with van der Waals surface area (Å²) >= 11 is 4.00. The lowest BCUT2D eigenvalue weighted by atomic mass is 9.48. The maximum atomic E-state index is 12.5. The quantitative estimate of drug-likeness (QED) is 0.774. The molecule has 0 spiro atoms. The maximum absolute atomic E-state index is 12.5. The molecule has 1 amide bonds. The van der Waals surface area contributed by atoms with Crippen molar-refractivity contribution in [1.82, 2.24) is 5.32 Å². The zero-order valence-electron chi connectivity index (χ0n) is 13.4. The lowest BCUT2D eigenvalue weighted by Gasteiger charge is -2.60. The molecule has 2 atom stereocenters. The van der Waals surface area contributed by atoms with Crippen molar-refractivity contribution in [3.63, 3.8) is 0 Å². The summed E-state index contributed by atoms with van der Waals surface area (Å²) in [5, 5.41) is 12.8. The van der Waals surface area contributed by atoms with Crippen molar-refractivity contribution in [2.45, 2.75) is 55.8 Å². The van der Waals surface area contributed by atoms with Crippen LogP contribution in [-0.4, -0.2) is 15.3 Å². The molecule has 4 aliphatic carbocycles. The molecule has 23 heavy (non-hydrogen) atoms. The Bertz CT molecular complexity index is 616. The molecular formula is C19H24BrNO2. The van der Waals surface area contributed by atoms with Gasteiger partial charge in [-0.25, -0.2) is 0 Å². The van der Waals surface area contributed by atoms with Gasteiger partial charge in [-0.1, -0.05) is 34.1 Å². The first kappa shape index (κ1) is 15.5. The van der Waals surface area contributed by atoms with Gasteiger partial charge in [0, 0.05) is 22.9 Å². The molecular weight excluding hydrogens is 354 g/mol. The van der Waals surface area contributed by atoms with Crippen LogP contribution in [0, 0.1) is 17.3 Å². The third-order valence-corrected chi connectivity index (χ3v) is 7.04. The Morgan fingerprint density at radius 3 is 2.57 bits per heavy atom. The first-order chi connectivity index (χ1) is 11.0. The Morgan fingerprint density at radius 2 is 1.91 bits per heavy atom. The van der Waals surface area contributed by atoms with E-state index >= 15 is 0 Å². The third-order valence-electron chi connectivity index (χ3n) is 6.11. The normalized spacial score (nSPS) is 37.8. The van der Waals surface area contributed by atoms with Gasteiger partial charge in [-0.3, -0.25) is 4.79 Å². The minimum absolute atomic E-state index is 0.131. The van der Waals surface area contributed by atoms with Crippen LogP contribution in [0.2, 0.25) is 0 Å². The van der Waals surface area contributed by atoms with Gasteiger partial charge in [0.05, 0.1) is 0 Å². The number of carbonyl (C=O) groups is 1. The van der Waals surface area contributed by atoms with Crippen molar-refractivity contribution in [2.75, 3.05) is 0 Å². The second-order valence-corrected chi connectivity index (χ2v) is 9.88. The molecule has 4 fully saturated rings. The number of carbonyl (C=O) groups excluding carboxylic acids is 1. The zero-order chi connectivity index (χ0) is 16.1. The topological polar surface area (TPSA) is 49.3 Å². The lowest BCUT2D eigenvalue weighted by Crippen LogP contribution is -2.54. The highest BCUT2D eigenvalue weighted by Gasteiger charge is 2.57. The van der Waals surface area contributed by atoms with Gasteiger partial charge in [0.15, 0.2) is 0 Å². The van der Waals surface area contributed by atoms with Crippen molar-refractivity contribution in [3.05, 3.63) is 29.8 Å². The van der Waals surface area contributed by atoms with Crippen LogP contribution >= 0.6 is 15.9 Å². The smallest absolute Gasteiger partial charge is 0.220 e. The molecule has 0 saturated heterocycles. The van der Waals surface area contributed by atoms with Crippen LogP contribution < -0.4 is 5.32 Å². The largest absolute Gasteiger partial charge is 0.508 e. The second kappa shape index (κ2) is 5.51. The number of rotatable bonds is 4. The number of amides is 1. The van der Waals surface area contributed by atoms with E-state index in [-0.39, 0.29) is 17.1 Å². The summed E-state index contributed by atoms with van der Waals surface area (Å²) in [5.74, 6) is 2.00. The predicted octanol–water partition coefficient (Wildman–Crippen LogP) is 4.13. The van der Waals surface area contributed by atoms with E-state index in [1.807, 2.05) is 12.1 Å². The van der Waals surface area contributed by atoms with E-state index in [4.69, 9.17) is 0 Å². The molecule has 4 saturated carbocycles. The SMILES string of the molecule is O=C(CC12CC3CC(CC(Br)(C3)C1)C2)NCc1ccccc1O. The van der Waals surface area contributed by atoms with E-state index < -0.39 is 0 Å². The zero-order valence-corrected chi connectivity index (χ0v) is 14.9. The van der Waals surface area contributed by atoms with Crippen molar-refractivity contribution in [3.8, 4) is 5.75 Å². The number of nitrogens with one attached hydrogen (secondary N) is 1. The number of phenolic OH excluding ortho intramolecular Hbond substituents is 1. The van der Waals surface area contributed by atoms with Gasteiger partial charge in [-0.05, 0) is 61.8 Å². The number of benzene rings is 1. The van der Waals surface area contributed by atoms with E-state index in [1.54, 1.807) is 12.1 Å². The Kier molecular flexibility index (Phi) is 3.71. The van der Waals surface area contributed by atoms with Gasteiger partial charge >= 0.3 is 0 Å². The minimum Gasteiger partial charge on any atom is -0.508 e. The lowest BCUT2D eigenvalue weighted by molar-refractivity contribution is -0.128. The van der Waals surface area contributed by atoms with Gasteiger partial charge in [0.25, 0.3) is 0 Å². The molecule has 3 nitrogen and oxygen atoms in total. The second-order valence-electron chi connectivity index (χ2n) is 8.19. The van der Waals surface area contributed by atoms with Crippen molar-refractivity contribution in [1.29, 1.82) is 0 Å². The minimum atomic E-state index is 0.131. The summed E-state index contributed by atoms with van der Waals surface area (Å²) in [6.45, 7) is 0.411. The van der Waals surface area contributed by atoms with Crippen LogP contribution in [0.3, 0.4) is 0 Å². The third kappa shape index (κ3) is 3.02. The number of alkyl halides is 1. The van der Waals surface area contributed by atoms with Crippen molar-refractivity contribution >= 4 is 21.8 Å². The molecule has 0 aliphatic heterocycles. The Balaban J connectivity index is 1.40. The maximum Gasteiger partial charge on any atom is 0.220 e. The summed E-state index contributed by atoms with van der Waals surface area (Å²) < 4.78 is 0.301. The molecule has 2 unspecified atom stereocenters. The van der Waals surface area contributed by atoms with Gasteiger partial charge < -0.3 is 10.4 Å². The standard InChI is InChI=1S/C19H24BrNO2/c20-19-8-13-5-14(9-19)7-18(6-13,12-19)10-17(23)21-11-15-3-1-2-4-16(15)22/h1-4,13-14,22H,5-12H2,(H,21,23). The number of halogens is 1. The highest BCUT2D eigenvalue weighted by molar-refractivity contribution is 9.10. The average Bonchev–Trinajstić information content (AvgIpc) is 2.43. The average molecular weight is 378 g/mol. The number of aromatic hydroxyl groups is 1. The number of hydrogen-bond donors (Lipinski definition) is 2. The van der Waals surface area contributed by atoms with E-state index in [9.17, 15) is 9.90 Å². The van der Waals surface area contributed by atoms with Crippen LogP contribution in [0.1, 0.15) is 50.5 Å². The number of phenols is 1. The highest BCUT2D eigenvalue weighted by Crippen LogP contribution is 2.65. The first-order valence-corrected chi connectivity index (χ1v) is 9.47. The molecule has 0 radical (unpaired) electrons. The van der Waals surface area contributed by atoms with Crippen LogP contribution in [-0.2, 0) is 11.3 Å². The molecule has 4 heteroatoms. The molecule has 0 heterocycles. The van der Waals surface area contributed by atoms with Crippen LogP contribution in [0.25, 0.3) is 0 Å². The molecule has 124 valence electrons. The van der Waals surface area contributed by atoms with Crippen LogP contribution in [0.15, 0.2) is 24.3 Å². The summed E-state index contributed by atoms with van der Waals surface area (Å²) in [6.07, 6.45) is 8.20. The van der Waals surface area contributed by atoms with Gasteiger partial charge in [0.1, 0.15) is 5.75 Å². The number of para-hydroxylation sites is 1. The monoisotopic (exact) mass is 377 g/mol. The molecule has 5 rings (SSSR count). The van der Waals surface area contributed by atoms with E-state index in [0.717, 1.165) is 23.8 Å². The van der Waals surface area contributed by atoms with Gasteiger partial charge in [0.2, 0.25) is 5.91 Å². The van der Waals surface area contributed by atoms with Crippen LogP contribution in [0.5, 0.6) is 5.75 Å². The predicted molar refractivity (Wildman–Crippen MR) is 93.3 cm³/mol. The molecule has 1 aromatic rings. The van der Waals surface area contributed by atoms with E-state index in [2.05, 4.69) is 21.2 Å². The Labute approximate surface area is 146 Å². The van der Waals surface area contributed by atoms with Crippen molar-refractivity contribution in [2.24, 2.45) is 17.3 Å². The fourth-order valence-corrected chi connectivity index (χ4v) is 7.31. The molecule has 0 aromatic heterocycles. The molecule has 4 aliphatic rings. The van der Waals surface area contributed by atoms with Gasteiger partial charge in [-0.15, -0.1) is 0 Å². The summed E-state index contributed by atoms with van der Waals surface area (Å²) in [6, 6.07) is 7.20. The number of hydrogen-bond acceptors (Lipinski definition) is 2. The molecule has 4 bridgehead atoms. The summed E-state index contributed by atoms with van der Waals surface area (Å²) in [7, 11) is 0. The van der Waals surface area contributed by atoms with Crippen molar-refractivity contribution < 1.29 is 9.90 Å². The summed E-state index contributed by atoms with van der Waals surface area (Å²) in [5.41, 5.74) is 0.986. The van der Waals surface area contributed by atoms with Crippen LogP contribution in [0.4, 0.5) is 0 Å². The van der Waals surface area contributed by atoms with Gasteiger partial charge in [-0.2, -0.15) is 0 Å². The molecule has 2 N–H and O–H groups in total. The summed E-state index contributed by atoms with van der Waals surface area (Å²) in [4.78, 5) is 12.5. The van der Waals surface area contributed by atoms with E-state index in [1.165, 1.54) is 32.1 Å². The first-order valence-electron chi connectivity index (χ1n) is 8.68. The Hall–Kier alpha value is -1.03.